The first-order valence-corrected chi connectivity index (χ1v) is 5.27. The lowest BCUT2D eigenvalue weighted by Crippen LogP contribution is -2.35. The zero-order chi connectivity index (χ0) is 10.7. The Labute approximate surface area is 88.7 Å². The minimum atomic E-state index is -1.29. The molecule has 80 valence electrons. The van der Waals surface area contributed by atoms with E-state index in [9.17, 15) is 9.18 Å². The van der Waals surface area contributed by atoms with Crippen LogP contribution >= 0.6 is 0 Å². The van der Waals surface area contributed by atoms with E-state index in [0.29, 0.717) is 19.0 Å². The molecule has 1 fully saturated rings. The van der Waals surface area contributed by atoms with Gasteiger partial charge in [-0.3, -0.25) is 0 Å². The number of likely N-dealkylation sites (tertiary alicyclic amines) is 1. The van der Waals surface area contributed by atoms with Gasteiger partial charge in [0.25, 0.3) is 0 Å². The van der Waals surface area contributed by atoms with E-state index in [-0.39, 0.29) is 0 Å². The summed E-state index contributed by atoms with van der Waals surface area (Å²) in [5, 5.41) is 0. The van der Waals surface area contributed by atoms with Gasteiger partial charge >= 0.3 is 6.16 Å². The van der Waals surface area contributed by atoms with Crippen molar-refractivity contribution in [3.8, 4) is 0 Å². The highest BCUT2D eigenvalue weighted by Gasteiger charge is 2.23. The molecule has 0 aromatic heterocycles. The second-order valence-corrected chi connectivity index (χ2v) is 3.92. The van der Waals surface area contributed by atoms with Gasteiger partial charge in [0.05, 0.1) is 0 Å². The zero-order valence-corrected chi connectivity index (χ0v) is 8.53. The molecule has 1 aromatic carbocycles. The molecule has 1 amide bonds. The number of rotatable bonds is 1. The molecule has 0 aliphatic carbocycles. The number of carbonyl (C=O) groups excluding carboxylic acids is 1. The molecule has 0 unspecified atom stereocenters. The fraction of sp³-hybridized carbons (Fsp3) is 0.417. The van der Waals surface area contributed by atoms with Gasteiger partial charge in [-0.25, -0.2) is 4.79 Å². The highest BCUT2D eigenvalue weighted by Crippen LogP contribution is 2.27. The van der Waals surface area contributed by atoms with Crippen LogP contribution in [-0.2, 0) is 0 Å². The van der Waals surface area contributed by atoms with E-state index >= 15 is 0 Å². The number of hydrogen-bond donors (Lipinski definition) is 0. The SMILES string of the molecule is O=C(F)N1CCC(c2ccccc2)CC1. The standard InChI is InChI=1S/C12H14FNO/c13-12(15)14-8-6-11(7-9-14)10-4-2-1-3-5-10/h1-5,11H,6-9H2. The average molecular weight is 207 g/mol. The van der Waals surface area contributed by atoms with E-state index in [0.717, 1.165) is 12.8 Å². The minimum absolute atomic E-state index is 0.474. The summed E-state index contributed by atoms with van der Waals surface area (Å²) >= 11 is 0. The fourth-order valence-corrected chi connectivity index (χ4v) is 2.11. The summed E-state index contributed by atoms with van der Waals surface area (Å²) in [4.78, 5) is 11.8. The van der Waals surface area contributed by atoms with Gasteiger partial charge in [-0.1, -0.05) is 30.3 Å². The van der Waals surface area contributed by atoms with E-state index < -0.39 is 6.16 Å². The van der Waals surface area contributed by atoms with Crippen molar-refractivity contribution in [2.24, 2.45) is 0 Å². The van der Waals surface area contributed by atoms with Crippen LogP contribution in [0.4, 0.5) is 9.18 Å². The first-order valence-electron chi connectivity index (χ1n) is 5.27. The molecule has 15 heavy (non-hydrogen) atoms. The zero-order valence-electron chi connectivity index (χ0n) is 8.53. The summed E-state index contributed by atoms with van der Waals surface area (Å²) < 4.78 is 12.4. The van der Waals surface area contributed by atoms with Gasteiger partial charge in [0, 0.05) is 13.1 Å². The number of hydrogen-bond acceptors (Lipinski definition) is 1. The Morgan fingerprint density at radius 2 is 1.80 bits per heavy atom. The van der Waals surface area contributed by atoms with Gasteiger partial charge in [0.1, 0.15) is 0 Å². The monoisotopic (exact) mass is 207 g/mol. The Bertz CT molecular complexity index is 331. The van der Waals surface area contributed by atoms with Gasteiger partial charge in [-0.05, 0) is 24.3 Å². The number of piperidine rings is 1. The average Bonchev–Trinajstić information content (AvgIpc) is 2.30. The molecule has 0 atom stereocenters. The van der Waals surface area contributed by atoms with Crippen molar-refractivity contribution in [2.75, 3.05) is 13.1 Å². The van der Waals surface area contributed by atoms with Crippen molar-refractivity contribution in [3.05, 3.63) is 35.9 Å². The topological polar surface area (TPSA) is 20.3 Å². The number of amides is 1. The minimum Gasteiger partial charge on any atom is -0.315 e. The molecule has 2 rings (SSSR count). The van der Waals surface area contributed by atoms with Gasteiger partial charge in [-0.2, -0.15) is 0 Å². The second-order valence-electron chi connectivity index (χ2n) is 3.92. The summed E-state index contributed by atoms with van der Waals surface area (Å²) in [6.07, 6.45) is 0.431. The van der Waals surface area contributed by atoms with Gasteiger partial charge in [0.15, 0.2) is 0 Å². The molecule has 1 aromatic rings. The number of benzene rings is 1. The lowest BCUT2D eigenvalue weighted by atomic mass is 9.90. The first-order chi connectivity index (χ1) is 7.27. The van der Waals surface area contributed by atoms with Crippen LogP contribution in [0.25, 0.3) is 0 Å². The van der Waals surface area contributed by atoms with Crippen molar-refractivity contribution in [1.82, 2.24) is 4.90 Å². The van der Waals surface area contributed by atoms with Crippen molar-refractivity contribution < 1.29 is 9.18 Å². The summed E-state index contributed by atoms with van der Waals surface area (Å²) in [5.74, 6) is 0.474. The van der Waals surface area contributed by atoms with Crippen LogP contribution in [0.5, 0.6) is 0 Å². The highest BCUT2D eigenvalue weighted by atomic mass is 19.1. The summed E-state index contributed by atoms with van der Waals surface area (Å²) in [6, 6.07) is 10.2. The van der Waals surface area contributed by atoms with E-state index in [1.165, 1.54) is 10.5 Å². The number of nitrogens with zero attached hydrogens (tertiary/aromatic N) is 1. The maximum Gasteiger partial charge on any atom is 0.400 e. The molecule has 2 nitrogen and oxygen atoms in total. The van der Waals surface area contributed by atoms with Crippen molar-refractivity contribution in [3.63, 3.8) is 0 Å². The molecular formula is C12H14FNO. The van der Waals surface area contributed by atoms with Crippen molar-refractivity contribution >= 4 is 6.16 Å². The van der Waals surface area contributed by atoms with Gasteiger partial charge in [0.2, 0.25) is 0 Å². The first kappa shape index (κ1) is 10.1. The van der Waals surface area contributed by atoms with Gasteiger partial charge < -0.3 is 4.90 Å². The third kappa shape index (κ3) is 2.35. The molecule has 0 bridgehead atoms. The summed E-state index contributed by atoms with van der Waals surface area (Å²) in [5.41, 5.74) is 1.29. The van der Waals surface area contributed by atoms with E-state index in [2.05, 4.69) is 12.1 Å². The van der Waals surface area contributed by atoms with Crippen LogP contribution in [0.3, 0.4) is 0 Å². The Balaban J connectivity index is 1.97. The normalized spacial score (nSPS) is 17.8. The Morgan fingerprint density at radius 1 is 1.20 bits per heavy atom. The van der Waals surface area contributed by atoms with Crippen LogP contribution in [0, 0.1) is 0 Å². The number of halogens is 1. The molecule has 1 saturated heterocycles. The molecule has 1 heterocycles. The molecule has 0 N–H and O–H groups in total. The lowest BCUT2D eigenvalue weighted by Gasteiger charge is -2.29. The molecule has 0 radical (unpaired) electrons. The molecule has 3 heteroatoms. The summed E-state index contributed by atoms with van der Waals surface area (Å²) in [7, 11) is 0. The van der Waals surface area contributed by atoms with Gasteiger partial charge in [-0.15, -0.1) is 4.39 Å². The molecule has 1 aliphatic heterocycles. The maximum absolute atomic E-state index is 12.4. The van der Waals surface area contributed by atoms with E-state index in [1.54, 1.807) is 0 Å². The van der Waals surface area contributed by atoms with Crippen molar-refractivity contribution in [1.29, 1.82) is 0 Å². The molecule has 0 spiro atoms. The Kier molecular flexibility index (Phi) is 2.99. The quantitative estimate of drug-likeness (QED) is 0.512. The van der Waals surface area contributed by atoms with Crippen LogP contribution in [0.15, 0.2) is 30.3 Å². The van der Waals surface area contributed by atoms with Crippen molar-refractivity contribution in [2.45, 2.75) is 18.8 Å². The van der Waals surface area contributed by atoms with E-state index in [1.807, 2.05) is 18.2 Å². The Morgan fingerprint density at radius 3 is 2.33 bits per heavy atom. The lowest BCUT2D eigenvalue weighted by molar-refractivity contribution is 0.159. The van der Waals surface area contributed by atoms with Crippen LogP contribution in [0.1, 0.15) is 24.3 Å². The molecule has 1 aliphatic rings. The smallest absolute Gasteiger partial charge is 0.315 e. The maximum atomic E-state index is 12.4. The predicted molar refractivity (Wildman–Crippen MR) is 56.5 cm³/mol. The second kappa shape index (κ2) is 4.43. The summed E-state index contributed by atoms with van der Waals surface area (Å²) in [6.45, 7) is 1.07. The van der Waals surface area contributed by atoms with E-state index in [4.69, 9.17) is 0 Å². The third-order valence-corrected chi connectivity index (χ3v) is 3.01. The van der Waals surface area contributed by atoms with Crippen LogP contribution < -0.4 is 0 Å². The molecule has 0 saturated carbocycles. The van der Waals surface area contributed by atoms with Crippen LogP contribution in [-0.4, -0.2) is 24.2 Å². The predicted octanol–water partition coefficient (Wildman–Crippen LogP) is 2.96. The largest absolute Gasteiger partial charge is 0.400 e. The number of carbonyl (C=O) groups is 1. The Hall–Kier alpha value is -1.38. The highest BCUT2D eigenvalue weighted by molar-refractivity contribution is 5.66. The third-order valence-electron chi connectivity index (χ3n) is 3.01. The fourth-order valence-electron chi connectivity index (χ4n) is 2.11. The molecular weight excluding hydrogens is 193 g/mol. The van der Waals surface area contributed by atoms with Crippen LogP contribution in [0.2, 0.25) is 0 Å².